The molecule has 1 fully saturated rings. The van der Waals surface area contributed by atoms with Crippen LogP contribution in [0.4, 0.5) is 4.39 Å². The third-order valence-electron chi connectivity index (χ3n) is 5.32. The third-order valence-corrected chi connectivity index (χ3v) is 7.54. The average molecular weight is 372 g/mol. The minimum Gasteiger partial charge on any atom is -0.315 e. The van der Waals surface area contributed by atoms with Crippen LogP contribution >= 0.6 is 0 Å². The molecule has 134 valence electrons. The van der Waals surface area contributed by atoms with E-state index in [0.29, 0.717) is 13.0 Å². The zero-order valence-electron chi connectivity index (χ0n) is 14.0. The molecule has 0 amide bonds. The molecule has 6 heteroatoms. The number of carbonyl (C=O) groups is 1. The van der Waals surface area contributed by atoms with Gasteiger partial charge in [0, 0.05) is 12.0 Å². The molecule has 2 heterocycles. The van der Waals surface area contributed by atoms with Crippen LogP contribution in [-0.4, -0.2) is 31.5 Å². The van der Waals surface area contributed by atoms with Gasteiger partial charge in [-0.1, -0.05) is 30.3 Å². The van der Waals surface area contributed by atoms with Crippen molar-refractivity contribution >= 4 is 15.6 Å². The van der Waals surface area contributed by atoms with Gasteiger partial charge in [-0.25, -0.2) is 12.8 Å². The van der Waals surface area contributed by atoms with Gasteiger partial charge in [-0.2, -0.15) is 0 Å². The minimum absolute atomic E-state index is 0.0570. The predicted molar refractivity (Wildman–Crippen MR) is 94.8 cm³/mol. The van der Waals surface area contributed by atoms with Crippen molar-refractivity contribution in [2.75, 3.05) is 0 Å². The number of nitrogens with one attached hydrogen (secondary N) is 1. The molecule has 2 bridgehead atoms. The number of carbonyl (C=O) groups excluding carboxylic acids is 1. The molecule has 1 unspecified atom stereocenters. The Hall–Kier alpha value is -2.31. The quantitative estimate of drug-likeness (QED) is 0.881. The fourth-order valence-corrected chi connectivity index (χ4v) is 6.07. The third kappa shape index (κ3) is 2.89. The largest absolute Gasteiger partial charge is 0.315 e. The molecule has 2 aliphatic rings. The molecular formula is C20H19FNO3S+. The summed E-state index contributed by atoms with van der Waals surface area (Å²) in [4.78, 5) is 13.5. The lowest BCUT2D eigenvalue weighted by Crippen LogP contribution is -3.17. The average Bonchev–Trinajstić information content (AvgIpc) is 2.89. The van der Waals surface area contributed by atoms with E-state index in [0.717, 1.165) is 10.5 Å². The fraction of sp³-hybridized carbons (Fsp3) is 0.250. The summed E-state index contributed by atoms with van der Waals surface area (Å²) in [5, 5.41) is -0.652. The summed E-state index contributed by atoms with van der Waals surface area (Å²) >= 11 is 0. The normalized spacial score (nSPS) is 27.7. The molecule has 0 aromatic heterocycles. The molecule has 0 radical (unpaired) electrons. The van der Waals surface area contributed by atoms with Gasteiger partial charge in [0.1, 0.15) is 23.7 Å². The van der Waals surface area contributed by atoms with E-state index >= 15 is 0 Å². The van der Waals surface area contributed by atoms with Crippen LogP contribution in [0.3, 0.4) is 0 Å². The predicted octanol–water partition coefficient (Wildman–Crippen LogP) is 1.33. The number of benzene rings is 2. The highest BCUT2D eigenvalue weighted by atomic mass is 32.2. The monoisotopic (exact) mass is 372 g/mol. The second kappa shape index (κ2) is 6.45. The number of hydrogen-bond donors (Lipinski definition) is 1. The van der Waals surface area contributed by atoms with Crippen LogP contribution in [0, 0.1) is 5.82 Å². The van der Waals surface area contributed by atoms with Crippen LogP contribution in [0.15, 0.2) is 71.6 Å². The molecular weight excluding hydrogens is 353 g/mol. The lowest BCUT2D eigenvalue weighted by Gasteiger charge is -2.28. The van der Waals surface area contributed by atoms with Crippen LogP contribution in [0.1, 0.15) is 12.0 Å². The van der Waals surface area contributed by atoms with Gasteiger partial charge in [0.05, 0.1) is 4.90 Å². The number of halogens is 1. The Kier molecular flexibility index (Phi) is 4.25. The maximum atomic E-state index is 13.5. The Bertz CT molecular complexity index is 972. The first kappa shape index (κ1) is 17.1. The molecule has 2 aromatic rings. The van der Waals surface area contributed by atoms with Crippen LogP contribution in [0.5, 0.6) is 0 Å². The summed E-state index contributed by atoms with van der Waals surface area (Å²) in [6.07, 6.45) is 3.51. The maximum absolute atomic E-state index is 13.5. The Morgan fingerprint density at radius 2 is 1.85 bits per heavy atom. The van der Waals surface area contributed by atoms with Crippen molar-refractivity contribution in [1.29, 1.82) is 0 Å². The lowest BCUT2D eigenvalue weighted by molar-refractivity contribution is -0.934. The van der Waals surface area contributed by atoms with Crippen molar-refractivity contribution in [3.05, 3.63) is 78.1 Å². The van der Waals surface area contributed by atoms with E-state index < -0.39 is 21.1 Å². The molecule has 1 saturated heterocycles. The highest BCUT2D eigenvalue weighted by Gasteiger charge is 2.54. The molecule has 26 heavy (non-hydrogen) atoms. The second-order valence-corrected chi connectivity index (χ2v) is 9.02. The number of rotatable bonds is 4. The molecule has 4 rings (SSSR count). The van der Waals surface area contributed by atoms with Crippen molar-refractivity contribution in [1.82, 2.24) is 0 Å². The summed E-state index contributed by atoms with van der Waals surface area (Å²) in [5.74, 6) is -0.389. The standard InChI is InChI=1S/C20H18FNO3S/c21-15-6-4-5-14(11-15)13-22-17-9-10-19(23)18(22)12-20(17)26(24,25)16-7-2-1-3-8-16/h1-11,17-18,20H,12-13H2/p+1/t17-,18-,20+/m0/s1. The number of hydrogen-bond acceptors (Lipinski definition) is 3. The highest BCUT2D eigenvalue weighted by molar-refractivity contribution is 7.92. The molecule has 0 aliphatic carbocycles. The zero-order chi connectivity index (χ0) is 18.3. The van der Waals surface area contributed by atoms with Gasteiger partial charge in [-0.3, -0.25) is 4.79 Å². The van der Waals surface area contributed by atoms with Gasteiger partial charge in [0.2, 0.25) is 5.78 Å². The number of fused-ring (bicyclic) bond motifs is 2. The Balaban J connectivity index is 1.68. The molecule has 0 saturated carbocycles. The van der Waals surface area contributed by atoms with Crippen LogP contribution in [-0.2, 0) is 21.2 Å². The Morgan fingerprint density at radius 1 is 1.08 bits per heavy atom. The van der Waals surface area contributed by atoms with Crippen molar-refractivity contribution in [3.8, 4) is 0 Å². The summed E-state index contributed by atoms with van der Waals surface area (Å²) in [6.45, 7) is 0.421. The molecule has 2 aromatic carbocycles. The number of sulfone groups is 1. The maximum Gasteiger partial charge on any atom is 0.212 e. The SMILES string of the molecule is O=C1C=C[C@H]2[C@H](S(=O)(=O)c3ccccc3)C[C@@H]1[NH+]2Cc1cccc(F)c1. The smallest absolute Gasteiger partial charge is 0.212 e. The zero-order valence-corrected chi connectivity index (χ0v) is 14.8. The first-order valence-corrected chi connectivity index (χ1v) is 10.1. The number of quaternary nitrogens is 1. The molecule has 2 aliphatic heterocycles. The van der Waals surface area contributed by atoms with Crippen molar-refractivity contribution in [3.63, 3.8) is 0 Å². The van der Waals surface area contributed by atoms with E-state index in [1.165, 1.54) is 18.2 Å². The lowest BCUT2D eigenvalue weighted by atomic mass is 10.1. The van der Waals surface area contributed by atoms with Crippen molar-refractivity contribution in [2.45, 2.75) is 35.2 Å². The molecule has 1 N–H and O–H groups in total. The molecule has 0 spiro atoms. The van der Waals surface area contributed by atoms with Gasteiger partial charge in [0.25, 0.3) is 0 Å². The summed E-state index contributed by atoms with van der Waals surface area (Å²) in [6, 6.07) is 13.9. The van der Waals surface area contributed by atoms with Gasteiger partial charge < -0.3 is 4.90 Å². The van der Waals surface area contributed by atoms with E-state index in [9.17, 15) is 17.6 Å². The van der Waals surface area contributed by atoms with Gasteiger partial charge >= 0.3 is 0 Å². The highest BCUT2D eigenvalue weighted by Crippen LogP contribution is 2.28. The van der Waals surface area contributed by atoms with Gasteiger partial charge in [-0.15, -0.1) is 0 Å². The molecule has 4 atom stereocenters. The van der Waals surface area contributed by atoms with Crippen molar-refractivity contribution in [2.24, 2.45) is 0 Å². The first-order valence-electron chi connectivity index (χ1n) is 8.58. The van der Waals surface area contributed by atoms with Crippen LogP contribution in [0.2, 0.25) is 0 Å². The summed E-state index contributed by atoms with van der Waals surface area (Å²) in [7, 11) is -3.55. The Labute approximate surface area is 151 Å². The topological polar surface area (TPSA) is 55.6 Å². The Morgan fingerprint density at radius 3 is 2.58 bits per heavy atom. The second-order valence-electron chi connectivity index (χ2n) is 6.85. The van der Waals surface area contributed by atoms with Crippen LogP contribution in [0.25, 0.3) is 0 Å². The van der Waals surface area contributed by atoms with E-state index in [1.54, 1.807) is 48.5 Å². The summed E-state index contributed by atoms with van der Waals surface area (Å²) < 4.78 is 39.7. The minimum atomic E-state index is -3.55. The first-order chi connectivity index (χ1) is 12.5. The van der Waals surface area contributed by atoms with E-state index in [1.807, 2.05) is 0 Å². The van der Waals surface area contributed by atoms with Gasteiger partial charge in [-0.05, 0) is 36.4 Å². The van der Waals surface area contributed by atoms with Crippen molar-refractivity contribution < 1.29 is 22.5 Å². The van der Waals surface area contributed by atoms with Gasteiger partial charge in [0.15, 0.2) is 15.9 Å². The fourth-order valence-electron chi connectivity index (χ4n) is 4.09. The number of ketones is 1. The van der Waals surface area contributed by atoms with E-state index in [2.05, 4.69) is 0 Å². The van der Waals surface area contributed by atoms with E-state index in [-0.39, 0.29) is 22.5 Å². The van der Waals surface area contributed by atoms with Crippen LogP contribution < -0.4 is 4.90 Å². The summed E-state index contributed by atoms with van der Waals surface area (Å²) in [5.41, 5.74) is 0.760. The molecule has 4 nitrogen and oxygen atoms in total. The van der Waals surface area contributed by atoms with E-state index in [4.69, 9.17) is 0 Å².